The lowest BCUT2D eigenvalue weighted by molar-refractivity contribution is 0.123. The van der Waals surface area contributed by atoms with Gasteiger partial charge in [0.05, 0.1) is 0 Å². The van der Waals surface area contributed by atoms with Crippen LogP contribution >= 0.6 is 0 Å². The average Bonchev–Trinajstić information content (AvgIpc) is 2.89. The van der Waals surface area contributed by atoms with Crippen LogP contribution in [0.5, 0.6) is 0 Å². The summed E-state index contributed by atoms with van der Waals surface area (Å²) in [6.45, 7) is 6.43. The minimum absolute atomic E-state index is 0.431. The first-order valence-corrected chi connectivity index (χ1v) is 7.13. The van der Waals surface area contributed by atoms with Gasteiger partial charge in [0, 0.05) is 24.5 Å². The maximum atomic E-state index is 5.92. The summed E-state index contributed by atoms with van der Waals surface area (Å²) in [5, 5.41) is 0. The molecule has 0 amide bonds. The fourth-order valence-corrected chi connectivity index (χ4v) is 3.34. The lowest BCUT2D eigenvalue weighted by atomic mass is 9.99. The zero-order chi connectivity index (χ0) is 13.0. The van der Waals surface area contributed by atoms with E-state index in [1.165, 1.54) is 24.8 Å². The Kier molecular flexibility index (Phi) is 4.72. The van der Waals surface area contributed by atoms with Crippen LogP contribution in [0.1, 0.15) is 44.7 Å². The third-order valence-corrected chi connectivity index (χ3v) is 4.38. The summed E-state index contributed by atoms with van der Waals surface area (Å²) in [6.07, 6.45) is 7.73. The van der Waals surface area contributed by atoms with Crippen molar-refractivity contribution in [3.63, 3.8) is 0 Å². The molecule has 18 heavy (non-hydrogen) atoms. The van der Waals surface area contributed by atoms with Crippen LogP contribution < -0.4 is 5.73 Å². The van der Waals surface area contributed by atoms with Crippen LogP contribution in [0, 0.1) is 5.92 Å². The summed E-state index contributed by atoms with van der Waals surface area (Å²) >= 11 is 0. The monoisotopic (exact) mass is 247 g/mol. The van der Waals surface area contributed by atoms with E-state index in [-0.39, 0.29) is 0 Å². The van der Waals surface area contributed by atoms with Crippen LogP contribution in [0.3, 0.4) is 0 Å². The van der Waals surface area contributed by atoms with Gasteiger partial charge in [0.2, 0.25) is 0 Å². The quantitative estimate of drug-likeness (QED) is 0.869. The number of aromatic nitrogens is 1. The fraction of sp³-hybridized carbons (Fsp3) is 0.667. The zero-order valence-electron chi connectivity index (χ0n) is 11.5. The summed E-state index contributed by atoms with van der Waals surface area (Å²) in [5.41, 5.74) is 7.22. The first-order chi connectivity index (χ1) is 8.77. The predicted molar refractivity (Wildman–Crippen MR) is 75.2 cm³/mol. The van der Waals surface area contributed by atoms with Gasteiger partial charge in [-0.2, -0.15) is 0 Å². The molecule has 1 aromatic heterocycles. The van der Waals surface area contributed by atoms with Crippen molar-refractivity contribution in [1.82, 2.24) is 9.88 Å². The van der Waals surface area contributed by atoms with E-state index in [0.717, 1.165) is 13.1 Å². The molecular formula is C15H25N3. The fourth-order valence-electron chi connectivity index (χ4n) is 3.34. The highest BCUT2D eigenvalue weighted by atomic mass is 15.2. The van der Waals surface area contributed by atoms with Crippen LogP contribution in [0.2, 0.25) is 0 Å². The Balaban J connectivity index is 2.13. The molecule has 2 N–H and O–H groups in total. The van der Waals surface area contributed by atoms with Crippen LogP contribution in [0.15, 0.2) is 24.5 Å². The SMILES string of the molecule is CCN(C(C)c1cccnc1)C1CCCC1CN. The lowest BCUT2D eigenvalue weighted by Gasteiger charge is -2.36. The highest BCUT2D eigenvalue weighted by Crippen LogP contribution is 2.34. The molecule has 1 aliphatic rings. The second kappa shape index (κ2) is 6.30. The number of pyridine rings is 1. The van der Waals surface area contributed by atoms with Crippen molar-refractivity contribution >= 4 is 0 Å². The van der Waals surface area contributed by atoms with E-state index in [0.29, 0.717) is 18.0 Å². The van der Waals surface area contributed by atoms with E-state index in [4.69, 9.17) is 5.73 Å². The van der Waals surface area contributed by atoms with Crippen molar-refractivity contribution in [3.8, 4) is 0 Å². The Morgan fingerprint density at radius 3 is 2.94 bits per heavy atom. The average molecular weight is 247 g/mol. The molecule has 2 rings (SSSR count). The minimum Gasteiger partial charge on any atom is -0.330 e. The Bertz CT molecular complexity index is 352. The van der Waals surface area contributed by atoms with Crippen LogP contribution in [0.4, 0.5) is 0 Å². The van der Waals surface area contributed by atoms with Gasteiger partial charge in [0.25, 0.3) is 0 Å². The highest BCUT2D eigenvalue weighted by molar-refractivity contribution is 5.13. The van der Waals surface area contributed by atoms with E-state index < -0.39 is 0 Å². The van der Waals surface area contributed by atoms with Crippen LogP contribution in [-0.2, 0) is 0 Å². The van der Waals surface area contributed by atoms with Gasteiger partial charge in [0.1, 0.15) is 0 Å². The smallest absolute Gasteiger partial charge is 0.0338 e. The normalized spacial score (nSPS) is 25.6. The standard InChI is InChI=1S/C15H25N3/c1-3-18(15-8-4-6-13(15)10-16)12(2)14-7-5-9-17-11-14/h5,7,9,11-13,15H,3-4,6,8,10,16H2,1-2H3. The molecule has 3 heteroatoms. The summed E-state index contributed by atoms with van der Waals surface area (Å²) in [6, 6.07) is 5.28. The molecule has 0 bridgehead atoms. The molecule has 3 nitrogen and oxygen atoms in total. The first-order valence-electron chi connectivity index (χ1n) is 7.13. The number of nitrogens with zero attached hydrogens (tertiary/aromatic N) is 2. The molecule has 0 spiro atoms. The lowest BCUT2D eigenvalue weighted by Crippen LogP contribution is -2.41. The van der Waals surface area contributed by atoms with E-state index in [1.54, 1.807) is 0 Å². The molecule has 0 aliphatic heterocycles. The molecular weight excluding hydrogens is 222 g/mol. The largest absolute Gasteiger partial charge is 0.330 e. The number of hydrogen-bond acceptors (Lipinski definition) is 3. The van der Waals surface area contributed by atoms with E-state index in [9.17, 15) is 0 Å². The molecule has 1 fully saturated rings. The van der Waals surface area contributed by atoms with Gasteiger partial charge in [0.15, 0.2) is 0 Å². The van der Waals surface area contributed by atoms with Gasteiger partial charge in [-0.05, 0) is 50.4 Å². The number of rotatable bonds is 5. The number of hydrogen-bond donors (Lipinski definition) is 1. The van der Waals surface area contributed by atoms with Crippen molar-refractivity contribution in [2.75, 3.05) is 13.1 Å². The number of nitrogens with two attached hydrogens (primary N) is 1. The Morgan fingerprint density at radius 2 is 2.33 bits per heavy atom. The second-order valence-electron chi connectivity index (χ2n) is 5.29. The van der Waals surface area contributed by atoms with Gasteiger partial charge < -0.3 is 5.73 Å². The Hall–Kier alpha value is -0.930. The predicted octanol–water partition coefficient (Wildman–Crippen LogP) is 2.59. The van der Waals surface area contributed by atoms with Gasteiger partial charge >= 0.3 is 0 Å². The van der Waals surface area contributed by atoms with E-state index in [2.05, 4.69) is 29.8 Å². The summed E-state index contributed by atoms with van der Waals surface area (Å²) in [7, 11) is 0. The molecule has 1 saturated carbocycles. The van der Waals surface area contributed by atoms with E-state index >= 15 is 0 Å². The molecule has 3 unspecified atom stereocenters. The first kappa shape index (κ1) is 13.5. The summed E-state index contributed by atoms with van der Waals surface area (Å²) in [5.74, 6) is 0.670. The van der Waals surface area contributed by atoms with Gasteiger partial charge in [-0.15, -0.1) is 0 Å². The minimum atomic E-state index is 0.431. The van der Waals surface area contributed by atoms with Crippen molar-refractivity contribution in [3.05, 3.63) is 30.1 Å². The molecule has 0 saturated heterocycles. The topological polar surface area (TPSA) is 42.2 Å². The van der Waals surface area contributed by atoms with Crippen molar-refractivity contribution in [1.29, 1.82) is 0 Å². The third kappa shape index (κ3) is 2.73. The van der Waals surface area contributed by atoms with Gasteiger partial charge in [-0.25, -0.2) is 0 Å². The summed E-state index contributed by atoms with van der Waals surface area (Å²) < 4.78 is 0. The summed E-state index contributed by atoms with van der Waals surface area (Å²) in [4.78, 5) is 6.84. The second-order valence-corrected chi connectivity index (χ2v) is 5.29. The third-order valence-electron chi connectivity index (χ3n) is 4.38. The maximum Gasteiger partial charge on any atom is 0.0338 e. The maximum absolute atomic E-state index is 5.92. The molecule has 0 radical (unpaired) electrons. The van der Waals surface area contributed by atoms with Crippen molar-refractivity contribution in [2.45, 2.75) is 45.2 Å². The zero-order valence-corrected chi connectivity index (χ0v) is 11.5. The van der Waals surface area contributed by atoms with E-state index in [1.807, 2.05) is 18.5 Å². The molecule has 1 heterocycles. The van der Waals surface area contributed by atoms with Gasteiger partial charge in [-0.1, -0.05) is 19.4 Å². The van der Waals surface area contributed by atoms with Crippen molar-refractivity contribution < 1.29 is 0 Å². The Labute approximate surface area is 110 Å². The molecule has 1 aromatic rings. The van der Waals surface area contributed by atoms with Crippen molar-refractivity contribution in [2.24, 2.45) is 11.7 Å². The molecule has 0 aromatic carbocycles. The molecule has 100 valence electrons. The van der Waals surface area contributed by atoms with Crippen LogP contribution in [0.25, 0.3) is 0 Å². The van der Waals surface area contributed by atoms with Gasteiger partial charge in [-0.3, -0.25) is 9.88 Å². The Morgan fingerprint density at radius 1 is 1.50 bits per heavy atom. The van der Waals surface area contributed by atoms with Crippen LogP contribution in [-0.4, -0.2) is 29.0 Å². The molecule has 3 atom stereocenters. The highest BCUT2D eigenvalue weighted by Gasteiger charge is 2.33. The molecule has 1 aliphatic carbocycles.